The number of carbonyl (C=O) groups is 2. The molecule has 3 rings (SSSR count). The number of hydrogen-bond donors (Lipinski definition) is 0. The molecule has 2 aromatic rings. The van der Waals surface area contributed by atoms with Crippen LogP contribution >= 0.6 is 0 Å². The van der Waals surface area contributed by atoms with Crippen LogP contribution in [-0.4, -0.2) is 19.0 Å². The number of carbonyl (C=O) groups excluding carboxylic acids is 2. The molecule has 144 valence electrons. The summed E-state index contributed by atoms with van der Waals surface area (Å²) in [6, 6.07) is 12.3. The second kappa shape index (κ2) is 9.18. The number of rotatable bonds is 8. The lowest BCUT2D eigenvalue weighted by atomic mass is 9.97. The standard InChI is InChI=1S/C24H24O4/c1-17(2)24(26)27-12-4-3-5-18-6-7-20-14-21-10-11-23(28-16-25)15-22(21)9-8-19(20)13-18/h6-11,13,15-16H,1,3-5,12,14H2,2H3. The lowest BCUT2D eigenvalue weighted by molar-refractivity contribution is -0.139. The van der Waals surface area contributed by atoms with Gasteiger partial charge < -0.3 is 9.47 Å². The van der Waals surface area contributed by atoms with Gasteiger partial charge in [0, 0.05) is 5.57 Å². The van der Waals surface area contributed by atoms with Crippen molar-refractivity contribution in [3.05, 3.63) is 76.4 Å². The second-order valence-corrected chi connectivity index (χ2v) is 6.99. The Kier molecular flexibility index (Phi) is 6.43. The summed E-state index contributed by atoms with van der Waals surface area (Å²) in [4.78, 5) is 21.9. The third kappa shape index (κ3) is 4.97. The second-order valence-electron chi connectivity index (χ2n) is 6.99. The normalized spacial score (nSPS) is 11.8. The predicted octanol–water partition coefficient (Wildman–Crippen LogP) is 4.74. The molecular formula is C24H24O4. The zero-order valence-electron chi connectivity index (χ0n) is 16.1. The molecule has 0 unspecified atom stereocenters. The van der Waals surface area contributed by atoms with E-state index in [0.717, 1.165) is 31.2 Å². The Labute approximate surface area is 165 Å². The summed E-state index contributed by atoms with van der Waals surface area (Å²) in [5.74, 6) is 0.230. The molecular weight excluding hydrogens is 352 g/mol. The van der Waals surface area contributed by atoms with Crippen molar-refractivity contribution in [2.75, 3.05) is 6.61 Å². The van der Waals surface area contributed by atoms with Crippen molar-refractivity contribution in [3.8, 4) is 5.75 Å². The van der Waals surface area contributed by atoms with Crippen molar-refractivity contribution in [2.24, 2.45) is 0 Å². The maximum atomic E-state index is 11.4. The van der Waals surface area contributed by atoms with Gasteiger partial charge in [0.05, 0.1) is 6.61 Å². The minimum atomic E-state index is -0.323. The van der Waals surface area contributed by atoms with Crippen LogP contribution in [0.1, 0.15) is 47.6 Å². The van der Waals surface area contributed by atoms with Crippen molar-refractivity contribution in [1.29, 1.82) is 0 Å². The van der Waals surface area contributed by atoms with Gasteiger partial charge in [-0.05, 0) is 72.6 Å². The Balaban J connectivity index is 1.61. The third-order valence-corrected chi connectivity index (χ3v) is 4.78. The zero-order valence-corrected chi connectivity index (χ0v) is 16.1. The predicted molar refractivity (Wildman–Crippen MR) is 110 cm³/mol. The maximum absolute atomic E-state index is 11.4. The number of aryl methyl sites for hydroxylation is 1. The van der Waals surface area contributed by atoms with Crippen molar-refractivity contribution in [3.63, 3.8) is 0 Å². The summed E-state index contributed by atoms with van der Waals surface area (Å²) >= 11 is 0. The Morgan fingerprint density at radius 2 is 1.79 bits per heavy atom. The van der Waals surface area contributed by atoms with Gasteiger partial charge in [0.15, 0.2) is 0 Å². The lowest BCUT2D eigenvalue weighted by Crippen LogP contribution is -2.06. The van der Waals surface area contributed by atoms with Gasteiger partial charge in [-0.3, -0.25) is 4.79 Å². The molecule has 0 fully saturated rings. The fourth-order valence-corrected chi connectivity index (χ4v) is 3.24. The highest BCUT2D eigenvalue weighted by molar-refractivity contribution is 5.86. The first-order valence-electron chi connectivity index (χ1n) is 9.42. The average molecular weight is 376 g/mol. The molecule has 0 spiro atoms. The van der Waals surface area contributed by atoms with Crippen LogP contribution in [0.4, 0.5) is 0 Å². The van der Waals surface area contributed by atoms with Crippen molar-refractivity contribution < 1.29 is 19.1 Å². The van der Waals surface area contributed by atoms with Gasteiger partial charge in [-0.2, -0.15) is 0 Å². The summed E-state index contributed by atoms with van der Waals surface area (Å²) in [5.41, 5.74) is 6.46. The highest BCUT2D eigenvalue weighted by Gasteiger charge is 2.11. The molecule has 1 aliphatic carbocycles. The molecule has 0 N–H and O–H groups in total. The first-order chi connectivity index (χ1) is 13.6. The zero-order chi connectivity index (χ0) is 19.9. The number of unbranched alkanes of at least 4 members (excludes halogenated alkanes) is 1. The highest BCUT2D eigenvalue weighted by Crippen LogP contribution is 2.28. The molecule has 0 amide bonds. The van der Waals surface area contributed by atoms with Gasteiger partial charge in [-0.1, -0.05) is 43.0 Å². The van der Waals surface area contributed by atoms with Crippen LogP contribution in [-0.2, 0) is 27.2 Å². The van der Waals surface area contributed by atoms with Crippen LogP contribution in [0.3, 0.4) is 0 Å². The van der Waals surface area contributed by atoms with E-state index in [9.17, 15) is 9.59 Å². The summed E-state index contributed by atoms with van der Waals surface area (Å²) in [6.45, 7) is 6.10. The topological polar surface area (TPSA) is 52.6 Å². The van der Waals surface area contributed by atoms with Gasteiger partial charge in [0.1, 0.15) is 5.75 Å². The van der Waals surface area contributed by atoms with E-state index in [1.807, 2.05) is 18.2 Å². The van der Waals surface area contributed by atoms with E-state index in [0.29, 0.717) is 24.4 Å². The van der Waals surface area contributed by atoms with E-state index in [1.54, 1.807) is 6.92 Å². The Morgan fingerprint density at radius 1 is 1.07 bits per heavy atom. The Hall–Kier alpha value is -3.14. The molecule has 0 radical (unpaired) electrons. The minimum Gasteiger partial charge on any atom is -0.462 e. The molecule has 0 saturated carbocycles. The highest BCUT2D eigenvalue weighted by atomic mass is 16.5. The van der Waals surface area contributed by atoms with Crippen molar-refractivity contribution >= 4 is 24.6 Å². The first kappa shape index (κ1) is 19.6. The van der Waals surface area contributed by atoms with Gasteiger partial charge in [-0.15, -0.1) is 0 Å². The van der Waals surface area contributed by atoms with E-state index >= 15 is 0 Å². The number of hydrogen-bond acceptors (Lipinski definition) is 4. The summed E-state index contributed by atoms with van der Waals surface area (Å²) in [6.07, 6.45) is 7.76. The third-order valence-electron chi connectivity index (χ3n) is 4.78. The Bertz CT molecular complexity index is 924. The molecule has 0 saturated heterocycles. The van der Waals surface area contributed by atoms with Gasteiger partial charge in [0.2, 0.25) is 0 Å². The Morgan fingerprint density at radius 3 is 2.50 bits per heavy atom. The van der Waals surface area contributed by atoms with E-state index in [2.05, 4.69) is 36.9 Å². The number of fused-ring (bicyclic) bond motifs is 2. The summed E-state index contributed by atoms with van der Waals surface area (Å²) in [7, 11) is 0. The van der Waals surface area contributed by atoms with Crippen LogP contribution in [0.15, 0.2) is 48.6 Å². The van der Waals surface area contributed by atoms with E-state index < -0.39 is 0 Å². The van der Waals surface area contributed by atoms with Gasteiger partial charge in [0.25, 0.3) is 6.47 Å². The number of benzene rings is 2. The first-order valence-corrected chi connectivity index (χ1v) is 9.42. The van der Waals surface area contributed by atoms with Crippen molar-refractivity contribution in [2.45, 2.75) is 32.6 Å². The molecule has 0 atom stereocenters. The quantitative estimate of drug-likeness (QED) is 0.247. The van der Waals surface area contributed by atoms with Crippen LogP contribution in [0.25, 0.3) is 12.2 Å². The fraction of sp³-hybridized carbons (Fsp3) is 0.250. The van der Waals surface area contributed by atoms with Gasteiger partial charge in [-0.25, -0.2) is 4.79 Å². The molecule has 2 aromatic carbocycles. The average Bonchev–Trinajstić information content (AvgIpc) is 2.86. The minimum absolute atomic E-state index is 0.323. The SMILES string of the molecule is C=C(C)C(=O)OCCCCc1ccc2c(c1)C=Cc1cc(OC=O)ccc1C2. The molecule has 0 aromatic heterocycles. The molecule has 4 heteroatoms. The van der Waals surface area contributed by atoms with Crippen molar-refractivity contribution in [1.82, 2.24) is 0 Å². The van der Waals surface area contributed by atoms with E-state index in [4.69, 9.17) is 9.47 Å². The monoisotopic (exact) mass is 376 g/mol. The van der Waals surface area contributed by atoms with Crippen LogP contribution in [0.2, 0.25) is 0 Å². The van der Waals surface area contributed by atoms with Crippen LogP contribution in [0, 0.1) is 0 Å². The number of esters is 1. The van der Waals surface area contributed by atoms with Crippen LogP contribution < -0.4 is 4.74 Å². The van der Waals surface area contributed by atoms with Gasteiger partial charge >= 0.3 is 5.97 Å². The molecule has 0 bridgehead atoms. The largest absolute Gasteiger partial charge is 0.462 e. The summed E-state index contributed by atoms with van der Waals surface area (Å²) < 4.78 is 10.1. The number of ether oxygens (including phenoxy) is 2. The summed E-state index contributed by atoms with van der Waals surface area (Å²) in [5, 5.41) is 0. The maximum Gasteiger partial charge on any atom is 0.333 e. The van der Waals surface area contributed by atoms with Crippen LogP contribution in [0.5, 0.6) is 5.75 Å². The fourth-order valence-electron chi connectivity index (χ4n) is 3.24. The lowest BCUT2D eigenvalue weighted by Gasteiger charge is -2.09. The van der Waals surface area contributed by atoms with E-state index in [1.165, 1.54) is 22.3 Å². The molecule has 28 heavy (non-hydrogen) atoms. The molecule has 0 heterocycles. The molecule has 1 aliphatic rings. The van der Waals surface area contributed by atoms with E-state index in [-0.39, 0.29) is 5.97 Å². The molecule has 4 nitrogen and oxygen atoms in total. The smallest absolute Gasteiger partial charge is 0.333 e. The molecule has 0 aliphatic heterocycles.